The van der Waals surface area contributed by atoms with Crippen LogP contribution in [0.25, 0.3) is 11.3 Å². The third-order valence-electron chi connectivity index (χ3n) is 6.85. The van der Waals surface area contributed by atoms with E-state index in [0.29, 0.717) is 12.5 Å². The molecule has 0 atom stereocenters. The van der Waals surface area contributed by atoms with Gasteiger partial charge in [-0.15, -0.1) is 0 Å². The molecular weight excluding hydrogens is 456 g/mol. The predicted octanol–water partition coefficient (Wildman–Crippen LogP) is 6.09. The summed E-state index contributed by atoms with van der Waals surface area (Å²) in [6.07, 6.45) is 3.91. The average molecular weight is 485 g/mol. The largest absolute Gasteiger partial charge is 0.497 e. The third-order valence-corrected chi connectivity index (χ3v) is 7.10. The van der Waals surface area contributed by atoms with Gasteiger partial charge in [-0.2, -0.15) is 0 Å². The molecule has 178 valence electrons. The Balaban J connectivity index is 1.35. The van der Waals surface area contributed by atoms with E-state index in [1.807, 2.05) is 42.5 Å². The molecule has 5 nitrogen and oxygen atoms in total. The van der Waals surface area contributed by atoms with Crippen molar-refractivity contribution in [2.75, 3.05) is 25.5 Å². The van der Waals surface area contributed by atoms with Crippen LogP contribution in [0.15, 0.2) is 85.1 Å². The van der Waals surface area contributed by atoms with Crippen molar-refractivity contribution in [3.8, 4) is 17.0 Å². The van der Waals surface area contributed by atoms with Crippen molar-refractivity contribution in [2.45, 2.75) is 24.8 Å². The minimum absolute atomic E-state index is 0.00881. The van der Waals surface area contributed by atoms with Crippen molar-refractivity contribution in [2.24, 2.45) is 0 Å². The first-order valence-electron chi connectivity index (χ1n) is 11.9. The smallest absolute Gasteiger partial charge is 0.223 e. The summed E-state index contributed by atoms with van der Waals surface area (Å²) >= 11 is 6.18. The molecule has 0 saturated carbocycles. The number of halogens is 1. The zero-order valence-electron chi connectivity index (χ0n) is 19.8. The maximum Gasteiger partial charge on any atom is 0.223 e. The molecule has 4 aromatic rings. The number of hydrogen-bond donors (Lipinski definition) is 2. The molecule has 1 fully saturated rings. The van der Waals surface area contributed by atoms with Crippen LogP contribution in [-0.2, 0) is 12.0 Å². The highest BCUT2D eigenvalue weighted by atomic mass is 35.5. The van der Waals surface area contributed by atoms with E-state index in [9.17, 15) is 0 Å². The Hall–Kier alpha value is -3.41. The Labute approximate surface area is 211 Å². The van der Waals surface area contributed by atoms with Crippen LogP contribution < -0.4 is 15.4 Å². The van der Waals surface area contributed by atoms with E-state index in [1.165, 1.54) is 11.1 Å². The molecule has 1 saturated heterocycles. The summed E-state index contributed by atoms with van der Waals surface area (Å²) in [5, 5.41) is 7.60. The minimum atomic E-state index is -0.00881. The lowest BCUT2D eigenvalue weighted by Crippen LogP contribution is -2.40. The summed E-state index contributed by atoms with van der Waals surface area (Å²) in [5.41, 5.74) is 5.75. The second-order valence-electron chi connectivity index (χ2n) is 8.88. The molecule has 1 aliphatic rings. The quantitative estimate of drug-likeness (QED) is 0.332. The highest BCUT2D eigenvalue weighted by Gasteiger charge is 2.35. The van der Waals surface area contributed by atoms with Gasteiger partial charge in [0.1, 0.15) is 5.75 Å². The standard InChI is InChI=1S/C29H29ClN4O/c1-35-26-12-2-21(3-13-26)20-33-28-32-17-14-27(34-28)22-4-6-23(7-5-22)29(15-18-31-19-16-29)24-8-10-25(30)11-9-24/h2-14,17,31H,15-16,18-20H2,1H3,(H,32,33,34). The van der Waals surface area contributed by atoms with Crippen molar-refractivity contribution < 1.29 is 4.74 Å². The normalized spacial score (nSPS) is 14.9. The Morgan fingerprint density at radius 3 is 2.20 bits per heavy atom. The molecule has 0 amide bonds. The Bertz CT molecular complexity index is 1250. The molecule has 2 N–H and O–H groups in total. The highest BCUT2D eigenvalue weighted by molar-refractivity contribution is 6.30. The van der Waals surface area contributed by atoms with Gasteiger partial charge in [0.25, 0.3) is 0 Å². The van der Waals surface area contributed by atoms with Crippen molar-refractivity contribution >= 4 is 17.5 Å². The topological polar surface area (TPSA) is 59.1 Å². The number of benzene rings is 3. The van der Waals surface area contributed by atoms with E-state index in [4.69, 9.17) is 21.3 Å². The molecule has 3 aromatic carbocycles. The van der Waals surface area contributed by atoms with E-state index < -0.39 is 0 Å². The molecule has 0 spiro atoms. The van der Waals surface area contributed by atoms with Crippen LogP contribution >= 0.6 is 11.6 Å². The number of aromatic nitrogens is 2. The molecule has 35 heavy (non-hydrogen) atoms. The van der Waals surface area contributed by atoms with Gasteiger partial charge in [0.05, 0.1) is 12.8 Å². The fourth-order valence-corrected chi connectivity index (χ4v) is 4.98. The van der Waals surface area contributed by atoms with Gasteiger partial charge in [0, 0.05) is 28.7 Å². The first-order valence-corrected chi connectivity index (χ1v) is 12.3. The summed E-state index contributed by atoms with van der Waals surface area (Å²) in [6, 6.07) is 27.1. The van der Waals surface area contributed by atoms with Gasteiger partial charge in [-0.1, -0.05) is 60.1 Å². The summed E-state index contributed by atoms with van der Waals surface area (Å²) in [5.74, 6) is 1.45. The number of piperidine rings is 1. The van der Waals surface area contributed by atoms with Gasteiger partial charge in [-0.25, -0.2) is 9.97 Å². The van der Waals surface area contributed by atoms with Gasteiger partial charge in [-0.3, -0.25) is 0 Å². The summed E-state index contributed by atoms with van der Waals surface area (Å²) < 4.78 is 5.23. The van der Waals surface area contributed by atoms with Gasteiger partial charge >= 0.3 is 0 Å². The lowest BCUT2D eigenvalue weighted by atomic mass is 9.68. The number of nitrogens with one attached hydrogen (secondary N) is 2. The second kappa shape index (κ2) is 10.5. The van der Waals surface area contributed by atoms with Crippen LogP contribution in [0.5, 0.6) is 5.75 Å². The van der Waals surface area contributed by atoms with E-state index in [-0.39, 0.29) is 5.41 Å². The fraction of sp³-hybridized carbons (Fsp3) is 0.241. The zero-order chi connectivity index (χ0) is 24.1. The van der Waals surface area contributed by atoms with E-state index in [1.54, 1.807) is 13.3 Å². The SMILES string of the molecule is COc1ccc(CNc2nccc(-c3ccc(C4(c5ccc(Cl)cc5)CCNCC4)cc3)n2)cc1. The van der Waals surface area contributed by atoms with Crippen LogP contribution in [0.1, 0.15) is 29.5 Å². The lowest BCUT2D eigenvalue weighted by molar-refractivity contribution is 0.362. The fourth-order valence-electron chi connectivity index (χ4n) is 4.86. The number of nitrogens with zero attached hydrogens (tertiary/aromatic N) is 2. The lowest BCUT2D eigenvalue weighted by Gasteiger charge is -2.39. The van der Waals surface area contributed by atoms with Gasteiger partial charge in [-0.05, 0) is 73.0 Å². The minimum Gasteiger partial charge on any atom is -0.497 e. The average Bonchev–Trinajstić information content (AvgIpc) is 2.93. The molecule has 1 aromatic heterocycles. The molecule has 0 aliphatic carbocycles. The van der Waals surface area contributed by atoms with Crippen molar-refractivity contribution in [3.05, 3.63) is 107 Å². The predicted molar refractivity (Wildman–Crippen MR) is 142 cm³/mol. The monoisotopic (exact) mass is 484 g/mol. The number of methoxy groups -OCH3 is 1. The van der Waals surface area contributed by atoms with Gasteiger partial charge < -0.3 is 15.4 Å². The Kier molecular flexibility index (Phi) is 6.98. The molecule has 2 heterocycles. The second-order valence-corrected chi connectivity index (χ2v) is 9.32. The number of hydrogen-bond acceptors (Lipinski definition) is 5. The number of anilines is 1. The molecule has 0 radical (unpaired) electrons. The van der Waals surface area contributed by atoms with Crippen molar-refractivity contribution in [1.29, 1.82) is 0 Å². The van der Waals surface area contributed by atoms with Crippen molar-refractivity contribution in [3.63, 3.8) is 0 Å². The van der Waals surface area contributed by atoms with E-state index in [2.05, 4.69) is 52.0 Å². The number of ether oxygens (including phenoxy) is 1. The number of rotatable bonds is 7. The summed E-state index contributed by atoms with van der Waals surface area (Å²) in [6.45, 7) is 2.64. The van der Waals surface area contributed by atoms with Crippen LogP contribution in [-0.4, -0.2) is 30.2 Å². The Morgan fingerprint density at radius 1 is 0.886 bits per heavy atom. The van der Waals surface area contributed by atoms with Crippen LogP contribution in [0, 0.1) is 0 Å². The third kappa shape index (κ3) is 5.16. The molecular formula is C29H29ClN4O. The maximum absolute atomic E-state index is 6.18. The maximum atomic E-state index is 6.18. The van der Waals surface area contributed by atoms with Crippen LogP contribution in [0.3, 0.4) is 0 Å². The zero-order valence-corrected chi connectivity index (χ0v) is 20.6. The molecule has 0 bridgehead atoms. The van der Waals surface area contributed by atoms with Gasteiger partial charge in [0.2, 0.25) is 5.95 Å². The molecule has 5 rings (SSSR count). The highest BCUT2D eigenvalue weighted by Crippen LogP contribution is 2.41. The van der Waals surface area contributed by atoms with E-state index in [0.717, 1.165) is 53.5 Å². The first kappa shape index (κ1) is 23.3. The van der Waals surface area contributed by atoms with Crippen LogP contribution in [0.2, 0.25) is 5.02 Å². The summed E-state index contributed by atoms with van der Waals surface area (Å²) in [4.78, 5) is 9.15. The van der Waals surface area contributed by atoms with E-state index >= 15 is 0 Å². The van der Waals surface area contributed by atoms with Crippen molar-refractivity contribution in [1.82, 2.24) is 15.3 Å². The molecule has 1 aliphatic heterocycles. The van der Waals surface area contributed by atoms with Gasteiger partial charge in [0.15, 0.2) is 0 Å². The van der Waals surface area contributed by atoms with Crippen LogP contribution in [0.4, 0.5) is 5.95 Å². The first-order chi connectivity index (χ1) is 17.2. The Morgan fingerprint density at radius 2 is 1.54 bits per heavy atom. The molecule has 6 heteroatoms. The summed E-state index contributed by atoms with van der Waals surface area (Å²) in [7, 11) is 1.67. The molecule has 0 unspecified atom stereocenters.